The van der Waals surface area contributed by atoms with Crippen LogP contribution in [0.15, 0.2) is 41.3 Å². The summed E-state index contributed by atoms with van der Waals surface area (Å²) in [5.74, 6) is 0.788. The molecule has 0 aliphatic heterocycles. The molecule has 0 spiro atoms. The molecule has 0 atom stereocenters. The second-order valence-electron chi connectivity index (χ2n) is 4.15. The second kappa shape index (κ2) is 5.83. The normalized spacial score (nSPS) is 10.6. The highest BCUT2D eigenvalue weighted by molar-refractivity contribution is 6.30. The summed E-state index contributed by atoms with van der Waals surface area (Å²) in [4.78, 5) is 16.3. The Kier molecular flexibility index (Phi) is 4.15. The number of aromatic nitrogens is 2. The van der Waals surface area contributed by atoms with Crippen molar-refractivity contribution in [2.45, 2.75) is 26.3 Å². The lowest BCUT2D eigenvalue weighted by Crippen LogP contribution is -2.25. The van der Waals surface area contributed by atoms with Gasteiger partial charge in [0.1, 0.15) is 10.8 Å². The van der Waals surface area contributed by atoms with Crippen molar-refractivity contribution in [1.82, 2.24) is 9.55 Å². The minimum absolute atomic E-state index is 0.168. The van der Waals surface area contributed by atoms with E-state index in [4.69, 9.17) is 11.6 Å². The Morgan fingerprint density at radius 3 is 2.67 bits per heavy atom. The number of nitrogens with zero attached hydrogens (tertiary/aromatic N) is 2. The summed E-state index contributed by atoms with van der Waals surface area (Å²) in [6.45, 7) is 2.58. The molecular formula is C14H15ClN2O. The minimum atomic E-state index is -0.168. The van der Waals surface area contributed by atoms with Crippen molar-refractivity contribution in [2.24, 2.45) is 0 Å². The van der Waals surface area contributed by atoms with Crippen LogP contribution >= 0.6 is 11.6 Å². The lowest BCUT2D eigenvalue weighted by Gasteiger charge is -2.11. The Labute approximate surface area is 111 Å². The molecule has 0 N–H and O–H groups in total. The van der Waals surface area contributed by atoms with Gasteiger partial charge in [0.25, 0.3) is 5.56 Å². The number of halogens is 1. The molecule has 1 aromatic heterocycles. The molecule has 18 heavy (non-hydrogen) atoms. The summed E-state index contributed by atoms with van der Waals surface area (Å²) in [6.07, 6.45) is 3.17. The van der Waals surface area contributed by atoms with Gasteiger partial charge in [0.2, 0.25) is 0 Å². The molecule has 0 unspecified atom stereocenters. The molecule has 0 saturated heterocycles. The van der Waals surface area contributed by atoms with Crippen LogP contribution in [-0.2, 0) is 13.0 Å². The van der Waals surface area contributed by atoms with Gasteiger partial charge in [-0.2, -0.15) is 0 Å². The summed E-state index contributed by atoms with van der Waals surface area (Å²) < 4.78 is 1.65. The average molecular weight is 263 g/mol. The van der Waals surface area contributed by atoms with E-state index in [9.17, 15) is 4.79 Å². The zero-order valence-corrected chi connectivity index (χ0v) is 11.0. The van der Waals surface area contributed by atoms with E-state index in [0.29, 0.717) is 6.54 Å². The molecule has 4 heteroatoms. The monoisotopic (exact) mass is 262 g/mol. The van der Waals surface area contributed by atoms with E-state index >= 15 is 0 Å². The van der Waals surface area contributed by atoms with Gasteiger partial charge < -0.3 is 0 Å². The van der Waals surface area contributed by atoms with Crippen molar-refractivity contribution < 1.29 is 0 Å². The highest BCUT2D eigenvalue weighted by Gasteiger charge is 2.08. The van der Waals surface area contributed by atoms with Crippen molar-refractivity contribution in [3.8, 4) is 0 Å². The quantitative estimate of drug-likeness (QED) is 0.849. The molecule has 0 aliphatic carbocycles. The molecule has 0 saturated carbocycles. The molecule has 1 heterocycles. The van der Waals surface area contributed by atoms with E-state index in [1.165, 1.54) is 6.20 Å². The Hall–Kier alpha value is -1.61. The summed E-state index contributed by atoms with van der Waals surface area (Å²) in [7, 11) is 0. The van der Waals surface area contributed by atoms with E-state index in [2.05, 4.69) is 11.9 Å². The Bertz CT molecular complexity index is 578. The first kappa shape index (κ1) is 12.8. The van der Waals surface area contributed by atoms with Crippen LogP contribution in [0.2, 0.25) is 5.02 Å². The third-order valence-corrected chi connectivity index (χ3v) is 3.00. The molecular weight excluding hydrogens is 248 g/mol. The SMILES string of the molecule is CCCc1ncc(Cl)c(=O)n1Cc1ccccc1. The Morgan fingerprint density at radius 1 is 1.28 bits per heavy atom. The van der Waals surface area contributed by atoms with Crippen LogP contribution in [0, 0.1) is 0 Å². The van der Waals surface area contributed by atoms with Crippen molar-refractivity contribution in [3.63, 3.8) is 0 Å². The third-order valence-electron chi connectivity index (χ3n) is 2.75. The average Bonchev–Trinajstić information content (AvgIpc) is 2.40. The predicted molar refractivity (Wildman–Crippen MR) is 73.0 cm³/mol. The van der Waals surface area contributed by atoms with Crippen LogP contribution < -0.4 is 5.56 Å². The predicted octanol–water partition coefficient (Wildman–Crippen LogP) is 2.90. The molecule has 3 nitrogen and oxygen atoms in total. The highest BCUT2D eigenvalue weighted by atomic mass is 35.5. The molecule has 2 aromatic rings. The summed E-state index contributed by atoms with van der Waals surface area (Å²) in [5.41, 5.74) is 0.903. The fourth-order valence-corrected chi connectivity index (χ4v) is 2.01. The molecule has 0 radical (unpaired) electrons. The minimum Gasteiger partial charge on any atom is -0.291 e. The molecule has 94 valence electrons. The van der Waals surface area contributed by atoms with Crippen LogP contribution in [0.25, 0.3) is 0 Å². The third kappa shape index (κ3) is 2.79. The molecule has 1 aromatic carbocycles. The molecule has 2 rings (SSSR count). The number of aryl methyl sites for hydroxylation is 1. The number of hydrogen-bond donors (Lipinski definition) is 0. The summed E-state index contributed by atoms with van der Waals surface area (Å²) in [6, 6.07) is 9.84. The van der Waals surface area contributed by atoms with Gasteiger partial charge in [-0.05, 0) is 12.0 Å². The maximum absolute atomic E-state index is 12.1. The largest absolute Gasteiger partial charge is 0.291 e. The van der Waals surface area contributed by atoms with Gasteiger partial charge >= 0.3 is 0 Å². The van der Waals surface area contributed by atoms with Crippen LogP contribution in [0.5, 0.6) is 0 Å². The first-order valence-electron chi connectivity index (χ1n) is 6.00. The maximum atomic E-state index is 12.1. The first-order valence-corrected chi connectivity index (χ1v) is 6.38. The van der Waals surface area contributed by atoms with Gasteiger partial charge in [0.15, 0.2) is 0 Å². The van der Waals surface area contributed by atoms with E-state index in [0.717, 1.165) is 24.2 Å². The van der Waals surface area contributed by atoms with E-state index in [1.807, 2.05) is 30.3 Å². The van der Waals surface area contributed by atoms with Gasteiger partial charge in [0, 0.05) is 6.42 Å². The lowest BCUT2D eigenvalue weighted by atomic mass is 10.2. The summed E-state index contributed by atoms with van der Waals surface area (Å²) >= 11 is 5.86. The molecule has 0 amide bonds. The van der Waals surface area contributed by atoms with Crippen LogP contribution in [-0.4, -0.2) is 9.55 Å². The van der Waals surface area contributed by atoms with Gasteiger partial charge in [-0.3, -0.25) is 9.36 Å². The lowest BCUT2D eigenvalue weighted by molar-refractivity contribution is 0.654. The van der Waals surface area contributed by atoms with Crippen molar-refractivity contribution in [2.75, 3.05) is 0 Å². The van der Waals surface area contributed by atoms with E-state index in [1.54, 1.807) is 4.57 Å². The number of benzene rings is 1. The second-order valence-corrected chi connectivity index (χ2v) is 4.56. The van der Waals surface area contributed by atoms with Crippen LogP contribution in [0.4, 0.5) is 0 Å². The standard InChI is InChI=1S/C14H15ClN2O/c1-2-6-13-16-9-12(15)14(18)17(13)10-11-7-4-3-5-8-11/h3-5,7-9H,2,6,10H2,1H3. The molecule has 0 fully saturated rings. The highest BCUT2D eigenvalue weighted by Crippen LogP contribution is 2.07. The van der Waals surface area contributed by atoms with Gasteiger partial charge in [-0.15, -0.1) is 0 Å². The Morgan fingerprint density at radius 2 is 2.00 bits per heavy atom. The maximum Gasteiger partial charge on any atom is 0.272 e. The van der Waals surface area contributed by atoms with Crippen molar-refractivity contribution in [1.29, 1.82) is 0 Å². The van der Waals surface area contributed by atoms with Gasteiger partial charge in [-0.1, -0.05) is 48.9 Å². The number of hydrogen-bond acceptors (Lipinski definition) is 2. The fourth-order valence-electron chi connectivity index (χ4n) is 1.85. The van der Waals surface area contributed by atoms with Crippen molar-refractivity contribution in [3.05, 3.63) is 63.3 Å². The number of rotatable bonds is 4. The zero-order chi connectivity index (χ0) is 13.0. The van der Waals surface area contributed by atoms with Crippen LogP contribution in [0.1, 0.15) is 24.7 Å². The Balaban J connectivity index is 2.42. The topological polar surface area (TPSA) is 34.9 Å². The molecule has 0 aliphatic rings. The van der Waals surface area contributed by atoms with E-state index in [-0.39, 0.29) is 10.6 Å². The zero-order valence-electron chi connectivity index (χ0n) is 10.3. The van der Waals surface area contributed by atoms with Gasteiger partial charge in [0.05, 0.1) is 12.7 Å². The van der Waals surface area contributed by atoms with E-state index < -0.39 is 0 Å². The van der Waals surface area contributed by atoms with Crippen molar-refractivity contribution >= 4 is 11.6 Å². The van der Waals surface area contributed by atoms with Crippen LogP contribution in [0.3, 0.4) is 0 Å². The fraction of sp³-hybridized carbons (Fsp3) is 0.286. The summed E-state index contributed by atoms with van der Waals surface area (Å²) in [5, 5.41) is 0.172. The first-order chi connectivity index (χ1) is 8.72. The van der Waals surface area contributed by atoms with Gasteiger partial charge in [-0.25, -0.2) is 4.98 Å². The molecule has 0 bridgehead atoms. The smallest absolute Gasteiger partial charge is 0.272 e.